The number of amides is 2. The van der Waals surface area contributed by atoms with E-state index in [0.717, 1.165) is 41.5 Å². The lowest BCUT2D eigenvalue weighted by molar-refractivity contribution is -0.143. The van der Waals surface area contributed by atoms with Crippen molar-refractivity contribution in [1.82, 2.24) is 10.6 Å². The van der Waals surface area contributed by atoms with E-state index >= 15 is 0 Å². The first kappa shape index (κ1) is 22.8. The Morgan fingerprint density at radius 1 is 1.00 bits per heavy atom. The second-order valence-electron chi connectivity index (χ2n) is 8.61. The van der Waals surface area contributed by atoms with Crippen molar-refractivity contribution in [2.45, 2.75) is 43.7 Å². The minimum Gasteiger partial charge on any atom is -0.480 e. The minimum atomic E-state index is -1.33. The number of nitrogens with one attached hydrogen (secondary N) is 2. The predicted molar refractivity (Wildman–Crippen MR) is 121 cm³/mol. The average Bonchev–Trinajstić information content (AvgIpc) is 3.37. The van der Waals surface area contributed by atoms with Crippen LogP contribution in [0.25, 0.3) is 11.1 Å². The summed E-state index contributed by atoms with van der Waals surface area (Å²) in [6, 6.07) is 14.7. The van der Waals surface area contributed by atoms with E-state index in [1.54, 1.807) is 0 Å². The maximum atomic E-state index is 12.6. The Bertz CT molecular complexity index is 994. The van der Waals surface area contributed by atoms with Gasteiger partial charge in [0.15, 0.2) is 0 Å². The number of carbonyl (C=O) groups is 3. The molecular formula is C25H28N2O6. The molecule has 0 bridgehead atoms. The molecule has 2 aliphatic carbocycles. The lowest BCUT2D eigenvalue weighted by Gasteiger charge is -2.22. The van der Waals surface area contributed by atoms with Gasteiger partial charge in [-0.1, -0.05) is 55.0 Å². The van der Waals surface area contributed by atoms with E-state index in [1.165, 1.54) is 0 Å². The van der Waals surface area contributed by atoms with Crippen LogP contribution < -0.4 is 10.6 Å². The Morgan fingerprint density at radius 3 is 2.24 bits per heavy atom. The summed E-state index contributed by atoms with van der Waals surface area (Å²) in [6.07, 6.45) is 1.89. The summed E-state index contributed by atoms with van der Waals surface area (Å²) in [6.45, 7) is -0.457. The number of ether oxygens (including phenoxy) is 1. The van der Waals surface area contributed by atoms with Crippen LogP contribution in [0.4, 0.5) is 4.79 Å². The van der Waals surface area contributed by atoms with Gasteiger partial charge in [0.25, 0.3) is 0 Å². The van der Waals surface area contributed by atoms with Crippen LogP contribution in [0.5, 0.6) is 0 Å². The van der Waals surface area contributed by atoms with E-state index in [-0.39, 0.29) is 30.9 Å². The van der Waals surface area contributed by atoms with Crippen molar-refractivity contribution in [1.29, 1.82) is 0 Å². The van der Waals surface area contributed by atoms with E-state index in [9.17, 15) is 14.4 Å². The quantitative estimate of drug-likeness (QED) is 0.488. The average molecular weight is 453 g/mol. The van der Waals surface area contributed by atoms with E-state index in [4.69, 9.17) is 14.9 Å². The van der Waals surface area contributed by atoms with Gasteiger partial charge in [0.1, 0.15) is 12.6 Å². The fourth-order valence-corrected chi connectivity index (χ4v) is 4.94. The lowest BCUT2D eigenvalue weighted by atomic mass is 9.98. The standard InChI is InChI=1S/C25H28N2O6/c28-13-22(24(30)31)26-23(29)12-15-6-5-11-21(15)27-25(32)33-14-20-18-9-3-1-7-16(18)17-8-2-4-10-19(17)20/h1-4,7-10,15,20-22,28H,5-6,11-14H2,(H,26,29)(H,27,32)(H,30,31)/t15-,21+,22?/m0/s1. The molecule has 2 amide bonds. The van der Waals surface area contributed by atoms with E-state index in [1.807, 2.05) is 24.3 Å². The number of aliphatic hydroxyl groups excluding tert-OH is 1. The van der Waals surface area contributed by atoms with Gasteiger partial charge in [0, 0.05) is 18.4 Å². The molecule has 1 saturated carbocycles. The molecule has 8 heteroatoms. The van der Waals surface area contributed by atoms with Gasteiger partial charge in [-0.3, -0.25) is 4.79 Å². The maximum absolute atomic E-state index is 12.6. The van der Waals surface area contributed by atoms with Crippen LogP contribution in [0, 0.1) is 5.92 Å². The largest absolute Gasteiger partial charge is 0.480 e. The number of hydrogen-bond acceptors (Lipinski definition) is 5. The van der Waals surface area contributed by atoms with Crippen molar-refractivity contribution in [2.24, 2.45) is 5.92 Å². The lowest BCUT2D eigenvalue weighted by Crippen LogP contribution is -2.45. The summed E-state index contributed by atoms with van der Waals surface area (Å²) < 4.78 is 5.61. The molecule has 2 aromatic rings. The number of aliphatic hydroxyl groups is 1. The number of carboxylic acid groups (broad SMARTS) is 1. The second-order valence-corrected chi connectivity index (χ2v) is 8.61. The zero-order valence-corrected chi connectivity index (χ0v) is 18.2. The van der Waals surface area contributed by atoms with Gasteiger partial charge in [0.05, 0.1) is 6.61 Å². The predicted octanol–water partition coefficient (Wildman–Crippen LogP) is 2.65. The molecule has 2 aliphatic rings. The molecule has 0 heterocycles. The number of alkyl carbamates (subject to hydrolysis) is 1. The Morgan fingerprint density at radius 2 is 1.64 bits per heavy atom. The molecule has 1 fully saturated rings. The zero-order valence-electron chi connectivity index (χ0n) is 18.2. The van der Waals surface area contributed by atoms with Crippen LogP contribution in [-0.4, -0.2) is 53.5 Å². The molecule has 0 aliphatic heterocycles. The third kappa shape index (κ3) is 5.01. The van der Waals surface area contributed by atoms with Crippen molar-refractivity contribution in [2.75, 3.05) is 13.2 Å². The smallest absolute Gasteiger partial charge is 0.407 e. The third-order valence-electron chi connectivity index (χ3n) is 6.57. The highest BCUT2D eigenvalue weighted by Crippen LogP contribution is 2.44. The Hall–Kier alpha value is -3.39. The number of carbonyl (C=O) groups excluding carboxylic acids is 2. The molecule has 1 unspecified atom stereocenters. The molecule has 8 nitrogen and oxygen atoms in total. The molecule has 174 valence electrons. The van der Waals surface area contributed by atoms with Crippen LogP contribution in [0.3, 0.4) is 0 Å². The van der Waals surface area contributed by atoms with Crippen molar-refractivity contribution in [3.63, 3.8) is 0 Å². The van der Waals surface area contributed by atoms with Gasteiger partial charge in [-0.15, -0.1) is 0 Å². The van der Waals surface area contributed by atoms with Crippen LogP contribution in [-0.2, 0) is 14.3 Å². The molecule has 4 N–H and O–H groups in total. The van der Waals surface area contributed by atoms with Crippen LogP contribution in [0.2, 0.25) is 0 Å². The van der Waals surface area contributed by atoms with Crippen LogP contribution >= 0.6 is 0 Å². The molecule has 0 aromatic heterocycles. The highest BCUT2D eigenvalue weighted by molar-refractivity contribution is 5.84. The molecule has 3 atom stereocenters. The summed E-state index contributed by atoms with van der Waals surface area (Å²) in [5.41, 5.74) is 4.59. The minimum absolute atomic E-state index is 0.0280. The van der Waals surface area contributed by atoms with Crippen LogP contribution in [0.15, 0.2) is 48.5 Å². The van der Waals surface area contributed by atoms with E-state index < -0.39 is 30.6 Å². The van der Waals surface area contributed by atoms with Crippen molar-refractivity contribution in [3.05, 3.63) is 59.7 Å². The third-order valence-corrected chi connectivity index (χ3v) is 6.57. The Kier molecular flexibility index (Phi) is 6.93. The fraction of sp³-hybridized carbons (Fsp3) is 0.400. The molecule has 4 rings (SSSR count). The first-order chi connectivity index (χ1) is 16.0. The summed E-state index contributed by atoms with van der Waals surface area (Å²) >= 11 is 0. The SMILES string of the molecule is O=C(C[C@@H]1CCC[C@H]1NC(=O)OCC1c2ccccc2-c2ccccc21)NC(CO)C(=O)O. The highest BCUT2D eigenvalue weighted by atomic mass is 16.5. The zero-order chi connectivity index (χ0) is 23.4. The van der Waals surface area contributed by atoms with Gasteiger partial charge < -0.3 is 25.6 Å². The fourth-order valence-electron chi connectivity index (χ4n) is 4.94. The Balaban J connectivity index is 1.33. The van der Waals surface area contributed by atoms with Crippen molar-refractivity contribution in [3.8, 4) is 11.1 Å². The summed E-state index contributed by atoms with van der Waals surface area (Å²) in [4.78, 5) is 35.8. The van der Waals surface area contributed by atoms with E-state index in [2.05, 4.69) is 34.9 Å². The molecule has 0 saturated heterocycles. The molecule has 33 heavy (non-hydrogen) atoms. The first-order valence-electron chi connectivity index (χ1n) is 11.2. The number of rotatable bonds is 8. The highest BCUT2D eigenvalue weighted by Gasteiger charge is 2.33. The normalized spacial score (nSPS) is 19.9. The number of benzene rings is 2. The molecule has 0 radical (unpaired) electrons. The van der Waals surface area contributed by atoms with Gasteiger partial charge in [0.2, 0.25) is 5.91 Å². The summed E-state index contributed by atoms with van der Waals surface area (Å²) in [7, 11) is 0. The summed E-state index contributed by atoms with van der Waals surface area (Å²) in [5, 5.41) is 23.3. The number of fused-ring (bicyclic) bond motifs is 3. The Labute approximate surface area is 192 Å². The van der Waals surface area contributed by atoms with Crippen molar-refractivity contribution < 1.29 is 29.3 Å². The maximum Gasteiger partial charge on any atom is 0.407 e. The van der Waals surface area contributed by atoms with Crippen LogP contribution in [0.1, 0.15) is 42.7 Å². The monoisotopic (exact) mass is 452 g/mol. The number of carboxylic acids is 1. The van der Waals surface area contributed by atoms with Gasteiger partial charge in [-0.2, -0.15) is 0 Å². The van der Waals surface area contributed by atoms with Gasteiger partial charge >= 0.3 is 12.1 Å². The molecule has 0 spiro atoms. The number of aliphatic carboxylic acids is 1. The van der Waals surface area contributed by atoms with Crippen molar-refractivity contribution >= 4 is 18.0 Å². The first-order valence-corrected chi connectivity index (χ1v) is 11.2. The van der Waals surface area contributed by atoms with E-state index in [0.29, 0.717) is 0 Å². The molecular weight excluding hydrogens is 424 g/mol. The number of hydrogen-bond donors (Lipinski definition) is 4. The topological polar surface area (TPSA) is 125 Å². The van der Waals surface area contributed by atoms with Gasteiger partial charge in [-0.25, -0.2) is 9.59 Å². The van der Waals surface area contributed by atoms with Gasteiger partial charge in [-0.05, 0) is 41.0 Å². The second kappa shape index (κ2) is 10.0. The summed E-state index contributed by atoms with van der Waals surface area (Å²) in [5.74, 6) is -1.88. The molecule has 2 aromatic carbocycles.